The van der Waals surface area contributed by atoms with Gasteiger partial charge in [-0.25, -0.2) is 4.79 Å². The maximum Gasteiger partial charge on any atom is 0.407 e. The van der Waals surface area contributed by atoms with E-state index in [1.54, 1.807) is 0 Å². The summed E-state index contributed by atoms with van der Waals surface area (Å²) in [5, 5.41) is 12.1. The van der Waals surface area contributed by atoms with E-state index in [1.165, 1.54) is 0 Å². The molecule has 1 fully saturated rings. The number of hydrogen-bond acceptors (Lipinski definition) is 4. The maximum atomic E-state index is 11.5. The van der Waals surface area contributed by atoms with Gasteiger partial charge in [0.2, 0.25) is 0 Å². The first-order chi connectivity index (χ1) is 9.24. The van der Waals surface area contributed by atoms with E-state index in [9.17, 15) is 9.90 Å². The smallest absolute Gasteiger partial charge is 0.407 e. The minimum Gasteiger partial charge on any atom is -0.445 e. The lowest BCUT2D eigenvalue weighted by atomic mass is 10.2. The van der Waals surface area contributed by atoms with Crippen molar-refractivity contribution in [2.24, 2.45) is 0 Å². The Labute approximate surface area is 113 Å². The maximum absolute atomic E-state index is 11.5. The molecule has 2 rings (SSSR count). The van der Waals surface area contributed by atoms with Gasteiger partial charge >= 0.3 is 6.09 Å². The molecule has 1 saturated heterocycles. The SMILES string of the molecule is O=C(NCCN1CC[C@@H](O)C1)OCc1ccccc1. The van der Waals surface area contributed by atoms with E-state index in [1.807, 2.05) is 30.3 Å². The summed E-state index contributed by atoms with van der Waals surface area (Å²) in [7, 11) is 0. The van der Waals surface area contributed by atoms with Gasteiger partial charge in [-0.2, -0.15) is 0 Å². The second kappa shape index (κ2) is 7.11. The normalized spacial score (nSPS) is 19.3. The molecule has 0 unspecified atom stereocenters. The number of amides is 1. The number of aliphatic hydroxyl groups is 1. The largest absolute Gasteiger partial charge is 0.445 e. The third kappa shape index (κ3) is 4.89. The van der Waals surface area contributed by atoms with Crippen LogP contribution in [0.5, 0.6) is 0 Å². The van der Waals surface area contributed by atoms with E-state index in [2.05, 4.69) is 10.2 Å². The van der Waals surface area contributed by atoms with Crippen LogP contribution in [0.25, 0.3) is 0 Å². The highest BCUT2D eigenvalue weighted by molar-refractivity contribution is 5.67. The lowest BCUT2D eigenvalue weighted by molar-refractivity contribution is 0.137. The first-order valence-electron chi connectivity index (χ1n) is 6.59. The number of carbonyl (C=O) groups is 1. The third-order valence-corrected chi connectivity index (χ3v) is 3.16. The highest BCUT2D eigenvalue weighted by atomic mass is 16.5. The van der Waals surface area contributed by atoms with Crippen molar-refractivity contribution in [3.8, 4) is 0 Å². The predicted molar refractivity (Wildman–Crippen MR) is 71.7 cm³/mol. The molecular formula is C14H20N2O3. The monoisotopic (exact) mass is 264 g/mol. The number of ether oxygens (including phenoxy) is 1. The van der Waals surface area contributed by atoms with Gasteiger partial charge in [-0.15, -0.1) is 0 Å². The molecule has 1 atom stereocenters. The average Bonchev–Trinajstić information content (AvgIpc) is 2.83. The number of carbonyl (C=O) groups excluding carboxylic acids is 1. The van der Waals surface area contributed by atoms with Crippen molar-refractivity contribution in [3.63, 3.8) is 0 Å². The molecule has 19 heavy (non-hydrogen) atoms. The molecule has 0 spiro atoms. The number of nitrogens with one attached hydrogen (secondary N) is 1. The van der Waals surface area contributed by atoms with Crippen molar-refractivity contribution in [2.45, 2.75) is 19.1 Å². The Kier molecular flexibility index (Phi) is 5.18. The van der Waals surface area contributed by atoms with E-state index < -0.39 is 6.09 Å². The summed E-state index contributed by atoms with van der Waals surface area (Å²) in [5.41, 5.74) is 0.973. The molecule has 5 nitrogen and oxygen atoms in total. The first kappa shape index (κ1) is 13.8. The van der Waals surface area contributed by atoms with Gasteiger partial charge in [0.1, 0.15) is 6.61 Å². The fourth-order valence-corrected chi connectivity index (χ4v) is 2.11. The summed E-state index contributed by atoms with van der Waals surface area (Å²) in [4.78, 5) is 13.6. The number of hydrogen-bond donors (Lipinski definition) is 2. The number of benzene rings is 1. The van der Waals surface area contributed by atoms with Gasteiger partial charge in [-0.3, -0.25) is 4.90 Å². The molecule has 1 aromatic carbocycles. The van der Waals surface area contributed by atoms with E-state index in [0.717, 1.165) is 25.1 Å². The van der Waals surface area contributed by atoms with Crippen LogP contribution < -0.4 is 5.32 Å². The Balaban J connectivity index is 1.57. The molecule has 0 radical (unpaired) electrons. The number of rotatable bonds is 5. The van der Waals surface area contributed by atoms with Crippen molar-refractivity contribution in [2.75, 3.05) is 26.2 Å². The molecule has 1 aliphatic rings. The van der Waals surface area contributed by atoms with Gasteiger partial charge in [0.05, 0.1) is 6.10 Å². The third-order valence-electron chi connectivity index (χ3n) is 3.16. The lowest BCUT2D eigenvalue weighted by Crippen LogP contribution is -2.34. The zero-order valence-electron chi connectivity index (χ0n) is 10.9. The molecule has 1 aromatic rings. The van der Waals surface area contributed by atoms with Gasteiger partial charge in [0.15, 0.2) is 0 Å². The standard InChI is InChI=1S/C14H20N2O3/c17-13-6-8-16(10-13)9-7-15-14(18)19-11-12-4-2-1-3-5-12/h1-5,13,17H,6-11H2,(H,15,18)/t13-/m1/s1. The Morgan fingerprint density at radius 1 is 1.42 bits per heavy atom. The molecule has 2 N–H and O–H groups in total. The number of alkyl carbamates (subject to hydrolysis) is 1. The van der Waals surface area contributed by atoms with Crippen molar-refractivity contribution < 1.29 is 14.6 Å². The van der Waals surface area contributed by atoms with Crippen molar-refractivity contribution in [3.05, 3.63) is 35.9 Å². The molecule has 1 amide bonds. The van der Waals surface area contributed by atoms with E-state index >= 15 is 0 Å². The first-order valence-corrected chi connectivity index (χ1v) is 6.59. The highest BCUT2D eigenvalue weighted by Gasteiger charge is 2.19. The molecule has 0 aliphatic carbocycles. The van der Waals surface area contributed by atoms with Crippen molar-refractivity contribution in [1.29, 1.82) is 0 Å². The van der Waals surface area contributed by atoms with Gasteiger partial charge in [0, 0.05) is 26.2 Å². The molecule has 1 heterocycles. The fraction of sp³-hybridized carbons (Fsp3) is 0.500. The van der Waals surface area contributed by atoms with Crippen LogP contribution in [0.4, 0.5) is 4.79 Å². The number of aliphatic hydroxyl groups excluding tert-OH is 1. The summed E-state index contributed by atoms with van der Waals surface area (Å²) in [5.74, 6) is 0. The predicted octanol–water partition coefficient (Wildman–Crippen LogP) is 0.979. The van der Waals surface area contributed by atoms with Crippen LogP contribution in [0.1, 0.15) is 12.0 Å². The molecule has 104 valence electrons. The van der Waals surface area contributed by atoms with Crippen LogP contribution in [-0.4, -0.2) is 48.4 Å². The zero-order chi connectivity index (χ0) is 13.5. The van der Waals surface area contributed by atoms with Crippen molar-refractivity contribution in [1.82, 2.24) is 10.2 Å². The Morgan fingerprint density at radius 2 is 2.21 bits per heavy atom. The summed E-state index contributed by atoms with van der Waals surface area (Å²) < 4.78 is 5.10. The van der Waals surface area contributed by atoms with Crippen LogP contribution in [0.15, 0.2) is 30.3 Å². The Morgan fingerprint density at radius 3 is 2.89 bits per heavy atom. The number of likely N-dealkylation sites (tertiary alicyclic amines) is 1. The topological polar surface area (TPSA) is 61.8 Å². The van der Waals surface area contributed by atoms with Gasteiger partial charge in [-0.05, 0) is 12.0 Å². The van der Waals surface area contributed by atoms with Gasteiger partial charge in [-0.1, -0.05) is 30.3 Å². The molecule has 1 aliphatic heterocycles. The van der Waals surface area contributed by atoms with Crippen LogP contribution >= 0.6 is 0 Å². The van der Waals surface area contributed by atoms with E-state index in [-0.39, 0.29) is 12.7 Å². The summed E-state index contributed by atoms with van der Waals surface area (Å²) in [6.45, 7) is 3.16. The van der Waals surface area contributed by atoms with Crippen molar-refractivity contribution >= 4 is 6.09 Å². The van der Waals surface area contributed by atoms with Gasteiger partial charge in [0.25, 0.3) is 0 Å². The van der Waals surface area contributed by atoms with Crippen LogP contribution in [0.2, 0.25) is 0 Å². The van der Waals surface area contributed by atoms with Gasteiger partial charge < -0.3 is 15.2 Å². The minimum absolute atomic E-state index is 0.218. The summed E-state index contributed by atoms with van der Waals surface area (Å²) in [6.07, 6.45) is 0.201. The number of β-amino-alcohol motifs (C(OH)–C–C–N with tert-alkyl or cyclic N) is 1. The number of nitrogens with zero attached hydrogens (tertiary/aromatic N) is 1. The summed E-state index contributed by atoms with van der Waals surface area (Å²) >= 11 is 0. The average molecular weight is 264 g/mol. The van der Waals surface area contributed by atoms with Crippen LogP contribution in [-0.2, 0) is 11.3 Å². The zero-order valence-corrected chi connectivity index (χ0v) is 10.9. The molecular weight excluding hydrogens is 244 g/mol. The van der Waals surface area contributed by atoms with E-state index in [4.69, 9.17) is 4.74 Å². The second-order valence-electron chi connectivity index (χ2n) is 4.73. The van der Waals surface area contributed by atoms with Crippen LogP contribution in [0, 0.1) is 0 Å². The van der Waals surface area contributed by atoms with E-state index in [0.29, 0.717) is 13.1 Å². The molecule has 0 saturated carbocycles. The Hall–Kier alpha value is -1.59. The Bertz CT molecular complexity index is 397. The van der Waals surface area contributed by atoms with Crippen LogP contribution in [0.3, 0.4) is 0 Å². The minimum atomic E-state index is -0.399. The lowest BCUT2D eigenvalue weighted by Gasteiger charge is -2.15. The quantitative estimate of drug-likeness (QED) is 0.832. The second-order valence-corrected chi connectivity index (χ2v) is 4.73. The highest BCUT2D eigenvalue weighted by Crippen LogP contribution is 2.07. The molecule has 5 heteroatoms. The molecule has 0 bridgehead atoms. The molecule has 0 aromatic heterocycles. The summed E-state index contributed by atoms with van der Waals surface area (Å²) in [6, 6.07) is 9.58. The fourth-order valence-electron chi connectivity index (χ4n) is 2.11.